The van der Waals surface area contributed by atoms with Gasteiger partial charge in [-0.3, -0.25) is 4.31 Å². The van der Waals surface area contributed by atoms with Crippen LogP contribution in [0.2, 0.25) is 0 Å². The topological polar surface area (TPSA) is 277 Å². The Bertz CT molecular complexity index is 4380. The minimum atomic E-state index is -4.71. The number of rotatable bonds is 33. The summed E-state index contributed by atoms with van der Waals surface area (Å²) < 4.78 is 190. The molecule has 530 valence electrons. The van der Waals surface area contributed by atoms with Crippen molar-refractivity contribution in [2.24, 2.45) is 0 Å². The van der Waals surface area contributed by atoms with Gasteiger partial charge in [0.15, 0.2) is 0 Å². The normalized spacial score (nSPS) is 12.9. The van der Waals surface area contributed by atoms with Crippen molar-refractivity contribution in [2.45, 2.75) is 169 Å². The molecule has 0 aromatic heterocycles. The largest absolute Gasteiger partial charge is 0.443 e. The van der Waals surface area contributed by atoms with E-state index in [1.165, 1.54) is 114 Å². The highest BCUT2D eigenvalue weighted by atomic mass is 32.2. The molecule has 0 aliphatic rings. The molecule has 0 bridgehead atoms. The number of benzene rings is 6. The summed E-state index contributed by atoms with van der Waals surface area (Å²) in [5.41, 5.74) is 2.28. The van der Waals surface area contributed by atoms with E-state index in [1.54, 1.807) is 123 Å². The van der Waals surface area contributed by atoms with Gasteiger partial charge in [0.1, 0.15) is 11.2 Å². The minimum Gasteiger partial charge on any atom is -0.443 e. The standard InChI is InChI=1S/C69H92N6O16S6/c1-54-20-32-60(33-21-54)92(78,79)70(46-48-72(94(82,83)62-36-24-56(3)25-37-62)50-52-74(66(76)90-68(7,8)9)96(86,87)64-40-28-58(5)29-41-64)44-18-16-14-13-15-17-19-45-71(93(80,81)61-34-22-55(2)23-35-61)47-49-73(95(84,85)63-38-26-57(4)27-39-63)51-53-75(67(77)91-69(10,11)12)97(88,89)65-42-30-59(6)31-43-65/h20-43,50,52H,13-19,44-49,51,53H2,1-12H3. The second-order valence-electron chi connectivity index (χ2n) is 25.8. The second kappa shape index (κ2) is 33.2. The molecule has 0 saturated heterocycles. The van der Waals surface area contributed by atoms with Crippen LogP contribution in [-0.2, 0) is 69.6 Å². The fourth-order valence-electron chi connectivity index (χ4n) is 9.82. The van der Waals surface area contributed by atoms with E-state index in [9.17, 15) is 60.1 Å². The lowest BCUT2D eigenvalue weighted by Crippen LogP contribution is -2.47. The maximum atomic E-state index is 14.7. The van der Waals surface area contributed by atoms with Crippen LogP contribution in [0.25, 0.3) is 0 Å². The summed E-state index contributed by atoms with van der Waals surface area (Å²) in [6, 6.07) is 35.7. The molecular formula is C69H92N6O16S6. The molecule has 0 fully saturated rings. The van der Waals surface area contributed by atoms with Gasteiger partial charge < -0.3 is 9.47 Å². The molecule has 6 aromatic rings. The predicted molar refractivity (Wildman–Crippen MR) is 374 cm³/mol. The van der Waals surface area contributed by atoms with Crippen molar-refractivity contribution in [3.05, 3.63) is 191 Å². The first-order chi connectivity index (χ1) is 45.2. The van der Waals surface area contributed by atoms with Crippen LogP contribution >= 0.6 is 0 Å². The van der Waals surface area contributed by atoms with E-state index >= 15 is 0 Å². The van der Waals surface area contributed by atoms with Crippen LogP contribution in [0.1, 0.15) is 120 Å². The first-order valence-corrected chi connectivity index (χ1v) is 40.4. The van der Waals surface area contributed by atoms with Crippen molar-refractivity contribution in [1.82, 2.24) is 25.8 Å². The molecule has 0 spiro atoms. The molecule has 0 N–H and O–H groups in total. The molecule has 0 atom stereocenters. The van der Waals surface area contributed by atoms with Gasteiger partial charge >= 0.3 is 12.2 Å². The Morgan fingerprint density at radius 1 is 0.299 bits per heavy atom. The Morgan fingerprint density at radius 3 is 0.866 bits per heavy atom. The predicted octanol–water partition coefficient (Wildman–Crippen LogP) is 12.1. The van der Waals surface area contributed by atoms with Gasteiger partial charge in [-0.2, -0.15) is 21.5 Å². The Balaban J connectivity index is 1.20. The zero-order chi connectivity index (χ0) is 72.0. The number of aryl methyl sites for hydroxylation is 6. The van der Waals surface area contributed by atoms with E-state index < -0.39 is 116 Å². The summed E-state index contributed by atoms with van der Waals surface area (Å²) >= 11 is 0. The summed E-state index contributed by atoms with van der Waals surface area (Å²) in [6.45, 7) is 16.8. The third kappa shape index (κ3) is 22.0. The molecule has 97 heavy (non-hydrogen) atoms. The first kappa shape index (κ1) is 79.0. The average Bonchev–Trinajstić information content (AvgIpc) is 0.805. The van der Waals surface area contributed by atoms with Gasteiger partial charge in [-0.15, -0.1) is 0 Å². The number of ether oxygens (including phenoxy) is 2. The summed E-state index contributed by atoms with van der Waals surface area (Å²) in [4.78, 5) is 26.6. The average molecular weight is 1450 g/mol. The highest BCUT2D eigenvalue weighted by Gasteiger charge is 2.38. The van der Waals surface area contributed by atoms with E-state index in [-0.39, 0.29) is 49.0 Å². The number of sulfonamides is 6. The third-order valence-electron chi connectivity index (χ3n) is 15.4. The van der Waals surface area contributed by atoms with Gasteiger partial charge in [0, 0.05) is 58.2 Å². The lowest BCUT2D eigenvalue weighted by atomic mass is 10.1. The van der Waals surface area contributed by atoms with Crippen LogP contribution in [0.3, 0.4) is 0 Å². The van der Waals surface area contributed by atoms with Gasteiger partial charge in [0.2, 0.25) is 30.1 Å². The van der Waals surface area contributed by atoms with Crippen LogP contribution in [0.4, 0.5) is 9.59 Å². The monoisotopic (exact) mass is 1450 g/mol. The fraction of sp³-hybridized carbons (Fsp3) is 0.420. The molecule has 6 aromatic carbocycles. The van der Waals surface area contributed by atoms with Crippen molar-refractivity contribution >= 4 is 72.3 Å². The number of hydrogen-bond acceptors (Lipinski definition) is 16. The SMILES string of the molecule is Cc1ccc(S(=O)(=O)N(C=CN(C(=O)OC(C)(C)C)S(=O)(=O)c2ccc(C)cc2)CCN(CCCCCCCCCN(CCN(CCN(C(=O)OC(C)(C)C)S(=O)(=O)c2ccc(C)cc2)S(=O)(=O)c2ccc(C)cc2)S(=O)(=O)c2ccc(C)cc2)S(=O)(=O)c2ccc(C)cc2)cc1. The minimum absolute atomic E-state index is 0.0315. The summed E-state index contributed by atoms with van der Waals surface area (Å²) in [6.07, 6.45) is 2.70. The van der Waals surface area contributed by atoms with Crippen LogP contribution in [0.5, 0.6) is 0 Å². The van der Waals surface area contributed by atoms with Crippen LogP contribution in [0.15, 0.2) is 187 Å². The van der Waals surface area contributed by atoms with Crippen molar-refractivity contribution in [3.63, 3.8) is 0 Å². The fourth-order valence-corrected chi connectivity index (χ4v) is 17.9. The lowest BCUT2D eigenvalue weighted by Gasteiger charge is -2.30. The smallest absolute Gasteiger partial charge is 0.428 e. The molecule has 6 rings (SSSR count). The number of nitrogens with zero attached hydrogens (tertiary/aromatic N) is 6. The molecule has 28 heteroatoms. The highest BCUT2D eigenvalue weighted by Crippen LogP contribution is 2.28. The molecule has 2 amide bonds. The van der Waals surface area contributed by atoms with E-state index in [0.29, 0.717) is 53.6 Å². The van der Waals surface area contributed by atoms with Gasteiger partial charge in [-0.25, -0.2) is 60.1 Å². The molecule has 0 radical (unpaired) electrons. The van der Waals surface area contributed by atoms with Crippen LogP contribution in [0, 0.1) is 41.5 Å². The van der Waals surface area contributed by atoms with Crippen molar-refractivity contribution in [3.8, 4) is 0 Å². The first-order valence-electron chi connectivity index (χ1n) is 31.8. The van der Waals surface area contributed by atoms with Crippen LogP contribution in [-0.4, -0.2) is 152 Å². The summed E-state index contributed by atoms with van der Waals surface area (Å²) in [5, 5.41) is 0. The Morgan fingerprint density at radius 2 is 0.546 bits per heavy atom. The molecule has 0 saturated carbocycles. The van der Waals surface area contributed by atoms with Gasteiger partial charge in [0.05, 0.1) is 35.9 Å². The molecule has 0 aliphatic carbocycles. The number of unbranched alkanes of at least 4 members (excludes halogenated alkanes) is 6. The van der Waals surface area contributed by atoms with E-state index in [1.807, 2.05) is 0 Å². The van der Waals surface area contributed by atoms with Crippen molar-refractivity contribution < 1.29 is 69.6 Å². The zero-order valence-electron chi connectivity index (χ0n) is 57.3. The van der Waals surface area contributed by atoms with Gasteiger partial charge in [-0.05, 0) is 169 Å². The number of carbonyl (C=O) groups excluding carboxylic acids is 2. The third-order valence-corrected chi connectivity index (χ3v) is 26.3. The highest BCUT2D eigenvalue weighted by molar-refractivity contribution is 7.91. The Labute approximate surface area is 576 Å². The molecular weight excluding hydrogens is 1360 g/mol. The van der Waals surface area contributed by atoms with Gasteiger partial charge in [0.25, 0.3) is 30.1 Å². The molecule has 0 aliphatic heterocycles. The lowest BCUT2D eigenvalue weighted by molar-refractivity contribution is 0.0383. The van der Waals surface area contributed by atoms with E-state index in [2.05, 4.69) is 0 Å². The second-order valence-corrected chi connectivity index (χ2v) is 37.2. The Hall–Kier alpha value is -7.02. The maximum absolute atomic E-state index is 14.7. The van der Waals surface area contributed by atoms with Gasteiger partial charge in [-0.1, -0.05) is 138 Å². The van der Waals surface area contributed by atoms with Crippen molar-refractivity contribution in [1.29, 1.82) is 0 Å². The molecule has 0 unspecified atom stereocenters. The quantitative estimate of drug-likeness (QED) is 0.0346. The van der Waals surface area contributed by atoms with Crippen LogP contribution < -0.4 is 0 Å². The zero-order valence-corrected chi connectivity index (χ0v) is 62.2. The van der Waals surface area contributed by atoms with Crippen molar-refractivity contribution in [2.75, 3.05) is 52.4 Å². The van der Waals surface area contributed by atoms with E-state index in [4.69, 9.17) is 9.47 Å². The number of carbonyl (C=O) groups is 2. The molecule has 0 heterocycles. The van der Waals surface area contributed by atoms with E-state index in [0.717, 1.165) is 54.4 Å². The Kier molecular flexibility index (Phi) is 27.0. The molecule has 22 nitrogen and oxygen atoms in total. The number of amides is 2. The maximum Gasteiger partial charge on any atom is 0.428 e. The summed E-state index contributed by atoms with van der Waals surface area (Å²) in [5.74, 6) is 0. The number of hydrogen-bond donors (Lipinski definition) is 0. The summed E-state index contributed by atoms with van der Waals surface area (Å²) in [7, 11) is -27.0.